The number of carbonyl (C=O) groups is 1. The van der Waals surface area contributed by atoms with Crippen LogP contribution in [0.4, 0.5) is 0 Å². The zero-order valence-electron chi connectivity index (χ0n) is 15.5. The number of hydrogen-bond acceptors (Lipinski definition) is 4. The van der Waals surface area contributed by atoms with Gasteiger partial charge in [0.1, 0.15) is 5.54 Å². The van der Waals surface area contributed by atoms with E-state index in [1.807, 2.05) is 12.3 Å². The summed E-state index contributed by atoms with van der Waals surface area (Å²) in [5.41, 5.74) is 0.718. The maximum Gasteiger partial charge on any atom is 0.241 e. The summed E-state index contributed by atoms with van der Waals surface area (Å²) < 4.78 is 5.52. The number of carbonyl (C=O) groups excluding carboxylic acids is 1. The molecule has 0 radical (unpaired) electrons. The minimum absolute atomic E-state index is 0.000965. The largest absolute Gasteiger partial charge is 0.379 e. The summed E-state index contributed by atoms with van der Waals surface area (Å²) in [5, 5.41) is 3.38. The summed E-state index contributed by atoms with van der Waals surface area (Å²) in [4.78, 5) is 20.1. The standard InChI is InChI=1S/C20H31N3O2/c1-16(2)18(17-7-6-10-21-15-17)22-19(24)20(8-4-3-5-9-20)23-11-13-25-14-12-23/h6-7,10,15-16,18H,3-5,8-9,11-14H2,1-2H3,(H,22,24)/t18-/m0/s1. The van der Waals surface area contributed by atoms with Crippen LogP contribution in [0, 0.1) is 5.92 Å². The Labute approximate surface area is 151 Å². The number of amides is 1. The molecule has 0 unspecified atom stereocenters. The molecule has 1 saturated carbocycles. The highest BCUT2D eigenvalue weighted by Crippen LogP contribution is 2.35. The minimum Gasteiger partial charge on any atom is -0.379 e. The van der Waals surface area contributed by atoms with Gasteiger partial charge in [0, 0.05) is 25.5 Å². The second-order valence-electron chi connectivity index (χ2n) is 7.67. The van der Waals surface area contributed by atoms with Gasteiger partial charge in [0.25, 0.3) is 0 Å². The smallest absolute Gasteiger partial charge is 0.241 e. The van der Waals surface area contributed by atoms with Crippen molar-refractivity contribution in [2.75, 3.05) is 26.3 Å². The molecule has 1 atom stereocenters. The van der Waals surface area contributed by atoms with Gasteiger partial charge in [0.15, 0.2) is 0 Å². The molecular formula is C20H31N3O2. The molecule has 25 heavy (non-hydrogen) atoms. The third-order valence-electron chi connectivity index (χ3n) is 5.72. The number of morpholine rings is 1. The Morgan fingerprint density at radius 1 is 1.24 bits per heavy atom. The van der Waals surface area contributed by atoms with Crippen LogP contribution in [0.3, 0.4) is 0 Å². The second-order valence-corrected chi connectivity index (χ2v) is 7.67. The van der Waals surface area contributed by atoms with Gasteiger partial charge in [-0.1, -0.05) is 39.2 Å². The minimum atomic E-state index is -0.364. The third-order valence-corrected chi connectivity index (χ3v) is 5.72. The fraction of sp³-hybridized carbons (Fsp3) is 0.700. The molecule has 138 valence electrons. The lowest BCUT2D eigenvalue weighted by Crippen LogP contribution is -2.62. The summed E-state index contributed by atoms with van der Waals surface area (Å²) in [5.74, 6) is 0.509. The van der Waals surface area contributed by atoms with E-state index in [9.17, 15) is 4.79 Å². The van der Waals surface area contributed by atoms with Crippen molar-refractivity contribution in [2.45, 2.75) is 57.5 Å². The number of nitrogens with one attached hydrogen (secondary N) is 1. The monoisotopic (exact) mass is 345 g/mol. The van der Waals surface area contributed by atoms with E-state index in [0.29, 0.717) is 5.92 Å². The second kappa shape index (κ2) is 8.28. The van der Waals surface area contributed by atoms with Crippen LogP contribution in [0.15, 0.2) is 24.5 Å². The van der Waals surface area contributed by atoms with Crippen LogP contribution in [0.5, 0.6) is 0 Å². The van der Waals surface area contributed by atoms with Gasteiger partial charge in [0.05, 0.1) is 19.3 Å². The maximum absolute atomic E-state index is 13.5. The van der Waals surface area contributed by atoms with E-state index in [0.717, 1.165) is 57.6 Å². The van der Waals surface area contributed by atoms with E-state index in [1.165, 1.54) is 6.42 Å². The maximum atomic E-state index is 13.5. The van der Waals surface area contributed by atoms with Crippen molar-refractivity contribution in [1.29, 1.82) is 0 Å². The lowest BCUT2D eigenvalue weighted by atomic mass is 9.78. The average molecular weight is 345 g/mol. The Morgan fingerprint density at radius 2 is 1.96 bits per heavy atom. The van der Waals surface area contributed by atoms with Crippen LogP contribution in [0.2, 0.25) is 0 Å². The van der Waals surface area contributed by atoms with Crippen molar-refractivity contribution in [3.05, 3.63) is 30.1 Å². The van der Waals surface area contributed by atoms with Crippen LogP contribution in [-0.2, 0) is 9.53 Å². The van der Waals surface area contributed by atoms with Crippen molar-refractivity contribution in [3.63, 3.8) is 0 Å². The topological polar surface area (TPSA) is 54.5 Å². The molecule has 1 aromatic rings. The zero-order chi connectivity index (χ0) is 17.7. The summed E-state index contributed by atoms with van der Waals surface area (Å²) in [7, 11) is 0. The first-order chi connectivity index (χ1) is 12.1. The lowest BCUT2D eigenvalue weighted by molar-refractivity contribution is -0.141. The number of aromatic nitrogens is 1. The molecule has 5 heteroatoms. The molecule has 1 aliphatic carbocycles. The molecule has 2 fully saturated rings. The van der Waals surface area contributed by atoms with Gasteiger partial charge in [-0.3, -0.25) is 14.7 Å². The van der Waals surface area contributed by atoms with Gasteiger partial charge >= 0.3 is 0 Å². The first kappa shape index (κ1) is 18.3. The van der Waals surface area contributed by atoms with Gasteiger partial charge in [-0.2, -0.15) is 0 Å². The first-order valence-corrected chi connectivity index (χ1v) is 9.67. The highest BCUT2D eigenvalue weighted by atomic mass is 16.5. The van der Waals surface area contributed by atoms with E-state index in [4.69, 9.17) is 4.74 Å². The Hall–Kier alpha value is -1.46. The molecule has 2 aliphatic rings. The van der Waals surface area contributed by atoms with Gasteiger partial charge < -0.3 is 10.1 Å². The molecule has 1 aromatic heterocycles. The van der Waals surface area contributed by atoms with Gasteiger partial charge in [0.2, 0.25) is 5.91 Å². The van der Waals surface area contributed by atoms with Crippen molar-refractivity contribution in [1.82, 2.24) is 15.2 Å². The molecule has 0 aromatic carbocycles. The SMILES string of the molecule is CC(C)[C@H](NC(=O)C1(N2CCOCC2)CCCCC1)c1cccnc1. The molecule has 0 spiro atoms. The van der Waals surface area contributed by atoms with Gasteiger partial charge in [-0.05, 0) is 30.4 Å². The normalized spacial score (nSPS) is 22.5. The first-order valence-electron chi connectivity index (χ1n) is 9.67. The number of hydrogen-bond donors (Lipinski definition) is 1. The molecule has 5 nitrogen and oxygen atoms in total. The Bertz CT molecular complexity index is 549. The number of rotatable bonds is 5. The van der Waals surface area contributed by atoms with E-state index in [-0.39, 0.29) is 17.5 Å². The van der Waals surface area contributed by atoms with Crippen molar-refractivity contribution >= 4 is 5.91 Å². The lowest BCUT2D eigenvalue weighted by Gasteiger charge is -2.47. The predicted octanol–water partition coefficient (Wildman–Crippen LogP) is 2.93. The Kier molecular flexibility index (Phi) is 6.07. The quantitative estimate of drug-likeness (QED) is 0.891. The molecule has 1 aliphatic heterocycles. The summed E-state index contributed by atoms with van der Waals surface area (Å²) in [6, 6.07) is 4.00. The predicted molar refractivity (Wildman–Crippen MR) is 98.2 cm³/mol. The fourth-order valence-corrected chi connectivity index (χ4v) is 4.29. The number of nitrogens with zero attached hydrogens (tertiary/aromatic N) is 2. The highest BCUT2D eigenvalue weighted by Gasteiger charge is 2.45. The summed E-state index contributed by atoms with van der Waals surface area (Å²) in [6.45, 7) is 7.47. The summed E-state index contributed by atoms with van der Waals surface area (Å²) in [6.07, 6.45) is 9.04. The van der Waals surface area contributed by atoms with Gasteiger partial charge in [-0.25, -0.2) is 0 Å². The summed E-state index contributed by atoms with van der Waals surface area (Å²) >= 11 is 0. The van der Waals surface area contributed by atoms with Crippen LogP contribution in [-0.4, -0.2) is 47.6 Å². The van der Waals surface area contributed by atoms with E-state index >= 15 is 0 Å². The van der Waals surface area contributed by atoms with Crippen LogP contribution in [0.25, 0.3) is 0 Å². The molecular weight excluding hydrogens is 314 g/mol. The zero-order valence-corrected chi connectivity index (χ0v) is 15.5. The highest BCUT2D eigenvalue weighted by molar-refractivity contribution is 5.87. The van der Waals surface area contributed by atoms with Crippen LogP contribution < -0.4 is 5.32 Å². The molecule has 0 bridgehead atoms. The molecule has 1 N–H and O–H groups in total. The van der Waals surface area contributed by atoms with E-state index in [2.05, 4.69) is 35.1 Å². The molecule has 1 amide bonds. The molecule has 2 heterocycles. The molecule has 1 saturated heterocycles. The van der Waals surface area contributed by atoms with E-state index in [1.54, 1.807) is 6.20 Å². The molecule has 3 rings (SSSR count). The van der Waals surface area contributed by atoms with Crippen molar-refractivity contribution < 1.29 is 9.53 Å². The van der Waals surface area contributed by atoms with Crippen LogP contribution in [0.1, 0.15) is 57.6 Å². The Morgan fingerprint density at radius 3 is 2.56 bits per heavy atom. The third kappa shape index (κ3) is 4.04. The van der Waals surface area contributed by atoms with Crippen LogP contribution >= 0.6 is 0 Å². The van der Waals surface area contributed by atoms with E-state index < -0.39 is 0 Å². The Balaban J connectivity index is 1.81. The number of pyridine rings is 1. The fourth-order valence-electron chi connectivity index (χ4n) is 4.29. The van der Waals surface area contributed by atoms with Gasteiger partial charge in [-0.15, -0.1) is 0 Å². The van der Waals surface area contributed by atoms with Crippen molar-refractivity contribution in [2.24, 2.45) is 5.92 Å². The van der Waals surface area contributed by atoms with Crippen molar-refractivity contribution in [3.8, 4) is 0 Å². The number of ether oxygens (including phenoxy) is 1. The average Bonchev–Trinajstić information content (AvgIpc) is 2.67.